The summed E-state index contributed by atoms with van der Waals surface area (Å²) in [7, 11) is 0. The Morgan fingerprint density at radius 1 is 1.57 bits per heavy atom. The Morgan fingerprint density at radius 3 is 2.93 bits per heavy atom. The molecule has 0 aliphatic heterocycles. The molecule has 0 aliphatic carbocycles. The Morgan fingerprint density at radius 2 is 2.29 bits per heavy atom. The van der Waals surface area contributed by atoms with Crippen LogP contribution in [0.3, 0.4) is 0 Å². The zero-order chi connectivity index (χ0) is 10.6. The highest BCUT2D eigenvalue weighted by Crippen LogP contribution is 2.20. The third kappa shape index (κ3) is 2.29. The highest BCUT2D eigenvalue weighted by Gasteiger charge is 2.02. The first-order chi connectivity index (χ1) is 6.65. The van der Waals surface area contributed by atoms with Crippen LogP contribution in [-0.4, -0.2) is 17.7 Å². The van der Waals surface area contributed by atoms with E-state index in [9.17, 15) is 4.79 Å². The summed E-state index contributed by atoms with van der Waals surface area (Å²) >= 11 is 0. The van der Waals surface area contributed by atoms with Gasteiger partial charge in [-0.15, -0.1) is 0 Å². The van der Waals surface area contributed by atoms with Crippen LogP contribution in [-0.2, 0) is 4.79 Å². The number of pyridine rings is 1. The van der Waals surface area contributed by atoms with Gasteiger partial charge in [-0.3, -0.25) is 4.79 Å². The van der Waals surface area contributed by atoms with Gasteiger partial charge in [0.2, 0.25) is 6.41 Å². The van der Waals surface area contributed by atoms with Gasteiger partial charge in [0.25, 0.3) is 0 Å². The minimum absolute atomic E-state index is 0.423. The predicted octanol–water partition coefficient (Wildman–Crippen LogP) is 0.686. The van der Waals surface area contributed by atoms with Crippen LogP contribution < -0.4 is 11.1 Å². The van der Waals surface area contributed by atoms with Gasteiger partial charge < -0.3 is 11.1 Å². The molecule has 0 unspecified atom stereocenters. The van der Waals surface area contributed by atoms with Crippen LogP contribution in [0.1, 0.15) is 11.1 Å². The van der Waals surface area contributed by atoms with Crippen molar-refractivity contribution in [2.45, 2.75) is 13.8 Å². The summed E-state index contributed by atoms with van der Waals surface area (Å²) in [6.07, 6.45) is 1.82. The van der Waals surface area contributed by atoms with Gasteiger partial charge in [-0.05, 0) is 31.0 Å². The average Bonchev–Trinajstić information content (AvgIpc) is 2.13. The van der Waals surface area contributed by atoms with Crippen molar-refractivity contribution in [1.82, 2.24) is 10.3 Å². The third-order valence-corrected chi connectivity index (χ3v) is 1.86. The van der Waals surface area contributed by atoms with Crippen LogP contribution in [0.4, 0.5) is 11.6 Å². The molecule has 0 radical (unpaired) electrons. The molecule has 0 spiro atoms. The highest BCUT2D eigenvalue weighted by atomic mass is 16.1. The highest BCUT2D eigenvalue weighted by molar-refractivity contribution is 5.74. The lowest BCUT2D eigenvalue weighted by Gasteiger charge is -2.04. The number of nitrogens with two attached hydrogens (primary N) is 1. The molecule has 3 N–H and O–H groups in total. The molecular formula is C9H12N4O. The van der Waals surface area contributed by atoms with E-state index in [0.29, 0.717) is 18.0 Å². The summed E-state index contributed by atoms with van der Waals surface area (Å²) in [6, 6.07) is 1.78. The fourth-order valence-corrected chi connectivity index (χ4v) is 0.999. The summed E-state index contributed by atoms with van der Waals surface area (Å²) in [5.74, 6) is 0.947. The van der Waals surface area contributed by atoms with Gasteiger partial charge in [-0.25, -0.2) is 9.98 Å². The standard InChI is InChI=1S/C9H12N4O/c1-6-3-8(10)13-9(7(6)2)12-4-11-5-14/h3-5H,1-2H3,(H3,10,11,12,13,14). The fourth-order valence-electron chi connectivity index (χ4n) is 0.999. The van der Waals surface area contributed by atoms with Crippen LogP contribution in [0.2, 0.25) is 0 Å². The largest absolute Gasteiger partial charge is 0.384 e. The summed E-state index contributed by atoms with van der Waals surface area (Å²) in [6.45, 7) is 3.83. The lowest BCUT2D eigenvalue weighted by Crippen LogP contribution is -2.06. The molecule has 1 aromatic heterocycles. The molecule has 14 heavy (non-hydrogen) atoms. The van der Waals surface area contributed by atoms with Crippen molar-refractivity contribution in [1.29, 1.82) is 0 Å². The van der Waals surface area contributed by atoms with Crippen LogP contribution in [0, 0.1) is 13.8 Å². The number of aliphatic imine (C=N–C) groups is 1. The van der Waals surface area contributed by atoms with E-state index in [1.54, 1.807) is 6.07 Å². The van der Waals surface area contributed by atoms with Crippen LogP contribution >= 0.6 is 0 Å². The first kappa shape index (κ1) is 10.2. The number of aromatic nitrogens is 1. The lowest BCUT2D eigenvalue weighted by atomic mass is 10.1. The first-order valence-corrected chi connectivity index (χ1v) is 4.11. The van der Waals surface area contributed by atoms with Gasteiger partial charge in [0.15, 0.2) is 5.82 Å². The monoisotopic (exact) mass is 192 g/mol. The summed E-state index contributed by atoms with van der Waals surface area (Å²) in [5, 5.41) is 2.31. The van der Waals surface area contributed by atoms with Gasteiger partial charge in [-0.1, -0.05) is 0 Å². The molecule has 0 saturated carbocycles. The molecule has 74 valence electrons. The number of anilines is 1. The van der Waals surface area contributed by atoms with E-state index >= 15 is 0 Å². The Bertz CT molecular complexity index is 373. The second-order valence-electron chi connectivity index (χ2n) is 2.86. The van der Waals surface area contributed by atoms with Gasteiger partial charge in [-0.2, -0.15) is 0 Å². The van der Waals surface area contributed by atoms with Crippen molar-refractivity contribution >= 4 is 24.4 Å². The van der Waals surface area contributed by atoms with E-state index in [1.165, 1.54) is 6.34 Å². The maximum Gasteiger partial charge on any atom is 0.212 e. The number of nitrogens with zero attached hydrogens (tertiary/aromatic N) is 2. The Hall–Kier alpha value is -1.91. The minimum atomic E-state index is 0.423. The van der Waals surface area contributed by atoms with Crippen molar-refractivity contribution in [3.05, 3.63) is 17.2 Å². The zero-order valence-corrected chi connectivity index (χ0v) is 8.11. The third-order valence-electron chi connectivity index (χ3n) is 1.86. The topological polar surface area (TPSA) is 80.4 Å². The fraction of sp³-hybridized carbons (Fsp3) is 0.222. The summed E-state index contributed by atoms with van der Waals surface area (Å²) in [5.41, 5.74) is 7.53. The Kier molecular flexibility index (Phi) is 3.17. The number of rotatable bonds is 3. The van der Waals surface area contributed by atoms with Crippen molar-refractivity contribution < 1.29 is 4.79 Å². The average molecular weight is 192 g/mol. The Labute approximate surface area is 82.1 Å². The van der Waals surface area contributed by atoms with E-state index < -0.39 is 0 Å². The molecule has 0 saturated heterocycles. The van der Waals surface area contributed by atoms with Crippen molar-refractivity contribution in [2.24, 2.45) is 4.99 Å². The summed E-state index contributed by atoms with van der Waals surface area (Å²) in [4.78, 5) is 18.0. The van der Waals surface area contributed by atoms with Gasteiger partial charge >= 0.3 is 0 Å². The lowest BCUT2D eigenvalue weighted by molar-refractivity contribution is -0.108. The molecule has 1 rings (SSSR count). The van der Waals surface area contributed by atoms with Crippen molar-refractivity contribution in [2.75, 3.05) is 5.73 Å². The van der Waals surface area contributed by atoms with E-state index in [-0.39, 0.29) is 0 Å². The van der Waals surface area contributed by atoms with Crippen LogP contribution in [0.25, 0.3) is 0 Å². The molecule has 1 amide bonds. The van der Waals surface area contributed by atoms with E-state index in [0.717, 1.165) is 11.1 Å². The second-order valence-corrected chi connectivity index (χ2v) is 2.86. The maximum atomic E-state index is 9.97. The summed E-state index contributed by atoms with van der Waals surface area (Å²) < 4.78 is 0. The Balaban J connectivity index is 3.01. The van der Waals surface area contributed by atoms with E-state index in [1.807, 2.05) is 13.8 Å². The number of hydrogen-bond donors (Lipinski definition) is 2. The number of nitrogens with one attached hydrogen (secondary N) is 1. The van der Waals surface area contributed by atoms with Crippen LogP contribution in [0.5, 0.6) is 0 Å². The molecule has 0 bridgehead atoms. The predicted molar refractivity (Wildman–Crippen MR) is 55.5 cm³/mol. The number of carbonyl (C=O) groups excluding carboxylic acids is 1. The number of aryl methyl sites for hydroxylation is 1. The number of amides is 1. The molecule has 0 aliphatic rings. The molecule has 1 aromatic rings. The van der Waals surface area contributed by atoms with Crippen molar-refractivity contribution in [3.63, 3.8) is 0 Å². The van der Waals surface area contributed by atoms with Gasteiger partial charge in [0, 0.05) is 0 Å². The van der Waals surface area contributed by atoms with Gasteiger partial charge in [0.05, 0.1) is 6.34 Å². The molecule has 0 atom stereocenters. The normalized spacial score (nSPS) is 10.4. The first-order valence-electron chi connectivity index (χ1n) is 4.11. The minimum Gasteiger partial charge on any atom is -0.384 e. The smallest absolute Gasteiger partial charge is 0.212 e. The van der Waals surface area contributed by atoms with Gasteiger partial charge in [0.1, 0.15) is 5.82 Å². The van der Waals surface area contributed by atoms with Crippen molar-refractivity contribution in [3.8, 4) is 0 Å². The van der Waals surface area contributed by atoms with E-state index in [2.05, 4.69) is 15.3 Å². The molecule has 0 aromatic carbocycles. The second kappa shape index (κ2) is 4.36. The SMILES string of the molecule is Cc1cc(N)nc(/N=C\NC=O)c1C. The molecule has 1 heterocycles. The quantitative estimate of drug-likeness (QED) is 0.420. The molecular weight excluding hydrogens is 180 g/mol. The molecule has 5 heteroatoms. The molecule has 5 nitrogen and oxygen atoms in total. The number of nitrogen functional groups attached to an aromatic ring is 1. The number of hydrogen-bond acceptors (Lipinski definition) is 4. The molecule has 0 fully saturated rings. The zero-order valence-electron chi connectivity index (χ0n) is 8.11. The maximum absolute atomic E-state index is 9.97. The van der Waals surface area contributed by atoms with Crippen LogP contribution in [0.15, 0.2) is 11.1 Å². The van der Waals surface area contributed by atoms with E-state index in [4.69, 9.17) is 5.73 Å². The number of carbonyl (C=O) groups is 1.